The molecule has 2 saturated heterocycles. The lowest BCUT2D eigenvalue weighted by atomic mass is 9.89. The van der Waals surface area contributed by atoms with Gasteiger partial charge in [0.05, 0.1) is 10.5 Å². The molecule has 6 nitrogen and oxygen atoms in total. The lowest BCUT2D eigenvalue weighted by molar-refractivity contribution is 0.0284. The topological polar surface area (TPSA) is 83.9 Å². The zero-order valence-corrected chi connectivity index (χ0v) is 13.1. The summed E-state index contributed by atoms with van der Waals surface area (Å²) in [5, 5.41) is 9.44. The van der Waals surface area contributed by atoms with Crippen molar-refractivity contribution in [3.63, 3.8) is 0 Å². The first-order chi connectivity index (χ1) is 9.11. The molecular weight excluding hydrogens is 282 g/mol. The van der Waals surface area contributed by atoms with Crippen LogP contribution in [0.25, 0.3) is 0 Å². The van der Waals surface area contributed by atoms with Gasteiger partial charge in [-0.25, -0.2) is 13.2 Å². The van der Waals surface area contributed by atoms with Gasteiger partial charge in [0.2, 0.25) is 0 Å². The number of rotatable bonds is 1. The SMILES string of the molecule is CC(C)(C)OC(=O)N1CC[C@]2(C1)[C@H](CO)CCS2(=O)=O. The van der Waals surface area contributed by atoms with E-state index < -0.39 is 26.3 Å². The van der Waals surface area contributed by atoms with Gasteiger partial charge < -0.3 is 14.7 Å². The molecule has 0 aliphatic carbocycles. The standard InChI is InChI=1S/C13H23NO5S/c1-12(2,3)19-11(16)14-6-5-13(9-14)10(8-15)4-7-20(13,17)18/h10,15H,4-9H2,1-3H3/t10-,13-/m0/s1. The fourth-order valence-electron chi connectivity index (χ4n) is 3.15. The number of hydrogen-bond donors (Lipinski definition) is 1. The molecule has 0 aromatic carbocycles. The van der Waals surface area contributed by atoms with E-state index >= 15 is 0 Å². The van der Waals surface area contributed by atoms with E-state index in [0.29, 0.717) is 19.4 Å². The van der Waals surface area contributed by atoms with Gasteiger partial charge in [-0.2, -0.15) is 0 Å². The Kier molecular flexibility index (Phi) is 3.79. The fraction of sp³-hybridized carbons (Fsp3) is 0.923. The Balaban J connectivity index is 2.17. The largest absolute Gasteiger partial charge is 0.444 e. The number of aliphatic hydroxyl groups is 1. The van der Waals surface area contributed by atoms with E-state index in [2.05, 4.69) is 0 Å². The monoisotopic (exact) mass is 305 g/mol. The van der Waals surface area contributed by atoms with Crippen LogP contribution in [0.2, 0.25) is 0 Å². The maximum absolute atomic E-state index is 12.3. The van der Waals surface area contributed by atoms with Crippen molar-refractivity contribution in [1.82, 2.24) is 4.90 Å². The average Bonchev–Trinajstić information content (AvgIpc) is 2.83. The second-order valence-corrected chi connectivity index (χ2v) is 9.15. The van der Waals surface area contributed by atoms with Gasteiger partial charge in [0.15, 0.2) is 9.84 Å². The number of likely N-dealkylation sites (tertiary alicyclic amines) is 1. The number of sulfone groups is 1. The van der Waals surface area contributed by atoms with Crippen LogP contribution in [0.5, 0.6) is 0 Å². The van der Waals surface area contributed by atoms with E-state index in [1.165, 1.54) is 4.90 Å². The van der Waals surface area contributed by atoms with Crippen LogP contribution >= 0.6 is 0 Å². The highest BCUT2D eigenvalue weighted by Gasteiger charge is 2.58. The zero-order valence-electron chi connectivity index (χ0n) is 12.3. The van der Waals surface area contributed by atoms with Crippen molar-refractivity contribution in [1.29, 1.82) is 0 Å². The molecule has 0 saturated carbocycles. The van der Waals surface area contributed by atoms with Gasteiger partial charge >= 0.3 is 6.09 Å². The van der Waals surface area contributed by atoms with Gasteiger partial charge in [0.25, 0.3) is 0 Å². The maximum Gasteiger partial charge on any atom is 0.410 e. The van der Waals surface area contributed by atoms with Gasteiger partial charge in [-0.1, -0.05) is 0 Å². The Morgan fingerprint density at radius 3 is 2.65 bits per heavy atom. The van der Waals surface area contributed by atoms with E-state index in [9.17, 15) is 18.3 Å². The van der Waals surface area contributed by atoms with Crippen molar-refractivity contribution in [2.24, 2.45) is 5.92 Å². The normalized spacial score (nSPS) is 32.8. The third-order valence-corrected chi connectivity index (χ3v) is 6.91. The fourth-order valence-corrected chi connectivity index (χ4v) is 5.61. The zero-order chi connectivity index (χ0) is 15.2. The Bertz CT molecular complexity index is 495. The molecule has 2 aliphatic rings. The summed E-state index contributed by atoms with van der Waals surface area (Å²) >= 11 is 0. The second-order valence-electron chi connectivity index (χ2n) is 6.70. The van der Waals surface area contributed by atoms with Gasteiger partial charge in [0.1, 0.15) is 5.60 Å². The first-order valence-corrected chi connectivity index (χ1v) is 8.58. The highest BCUT2D eigenvalue weighted by molar-refractivity contribution is 7.93. The lowest BCUT2D eigenvalue weighted by Gasteiger charge is -2.29. The van der Waals surface area contributed by atoms with Crippen molar-refractivity contribution in [3.05, 3.63) is 0 Å². The van der Waals surface area contributed by atoms with Crippen LogP contribution in [0.15, 0.2) is 0 Å². The number of amides is 1. The number of nitrogens with zero attached hydrogens (tertiary/aromatic N) is 1. The molecular formula is C13H23NO5S. The average molecular weight is 305 g/mol. The number of ether oxygens (including phenoxy) is 1. The van der Waals surface area contributed by atoms with Crippen molar-refractivity contribution in [2.45, 2.75) is 44.0 Å². The van der Waals surface area contributed by atoms with E-state index in [1.807, 2.05) is 0 Å². The summed E-state index contributed by atoms with van der Waals surface area (Å²) in [6.45, 7) is 5.68. The van der Waals surface area contributed by atoms with Crippen LogP contribution in [-0.4, -0.2) is 60.3 Å². The summed E-state index contributed by atoms with van der Waals surface area (Å²) in [6, 6.07) is 0. The van der Waals surface area contributed by atoms with Gasteiger partial charge in [-0.3, -0.25) is 0 Å². The molecule has 7 heteroatoms. The highest BCUT2D eigenvalue weighted by atomic mass is 32.2. The predicted octanol–water partition coefficient (Wildman–Crippen LogP) is 0.793. The van der Waals surface area contributed by atoms with E-state index in [1.54, 1.807) is 20.8 Å². The summed E-state index contributed by atoms with van der Waals surface area (Å²) in [7, 11) is -3.27. The molecule has 1 N–H and O–H groups in total. The smallest absolute Gasteiger partial charge is 0.410 e. The minimum atomic E-state index is -3.27. The first-order valence-electron chi connectivity index (χ1n) is 6.92. The summed E-state index contributed by atoms with van der Waals surface area (Å²) < 4.78 is 29.0. The van der Waals surface area contributed by atoms with Crippen LogP contribution in [-0.2, 0) is 14.6 Å². The Hall–Kier alpha value is -0.820. The second kappa shape index (κ2) is 4.87. The van der Waals surface area contributed by atoms with Crippen molar-refractivity contribution >= 4 is 15.9 Å². The van der Waals surface area contributed by atoms with Crippen LogP contribution < -0.4 is 0 Å². The summed E-state index contributed by atoms with van der Waals surface area (Å²) in [5.41, 5.74) is -0.599. The van der Waals surface area contributed by atoms with Crippen LogP contribution in [0.4, 0.5) is 4.79 Å². The molecule has 2 heterocycles. The highest BCUT2D eigenvalue weighted by Crippen LogP contribution is 2.44. The third-order valence-electron chi connectivity index (χ3n) is 4.23. The third kappa shape index (κ3) is 2.53. The molecule has 2 rings (SSSR count). The first kappa shape index (κ1) is 15.6. The van der Waals surface area contributed by atoms with Crippen LogP contribution in [0.1, 0.15) is 33.6 Å². The van der Waals surface area contributed by atoms with Gasteiger partial charge in [0, 0.05) is 25.6 Å². The molecule has 1 amide bonds. The molecule has 1 spiro atoms. The van der Waals surface area contributed by atoms with Crippen molar-refractivity contribution < 1.29 is 23.1 Å². The minimum Gasteiger partial charge on any atom is -0.444 e. The Morgan fingerprint density at radius 1 is 1.45 bits per heavy atom. The summed E-state index contributed by atoms with van der Waals surface area (Å²) in [5.74, 6) is -0.180. The number of carbonyl (C=O) groups excluding carboxylic acids is 1. The molecule has 2 fully saturated rings. The molecule has 0 bridgehead atoms. The molecule has 0 aromatic heterocycles. The van der Waals surface area contributed by atoms with Crippen molar-refractivity contribution in [2.75, 3.05) is 25.4 Å². The van der Waals surface area contributed by atoms with Crippen molar-refractivity contribution in [3.8, 4) is 0 Å². The maximum atomic E-state index is 12.3. The predicted molar refractivity (Wildman–Crippen MR) is 74.1 cm³/mol. The Labute approximate surface area is 120 Å². The molecule has 0 aromatic rings. The minimum absolute atomic E-state index is 0.0976. The summed E-state index contributed by atoms with van der Waals surface area (Å²) in [4.78, 5) is 13.5. The molecule has 116 valence electrons. The van der Waals surface area contributed by atoms with Crippen LogP contribution in [0.3, 0.4) is 0 Å². The summed E-state index contributed by atoms with van der Waals surface area (Å²) in [6.07, 6.45) is 0.383. The number of hydrogen-bond acceptors (Lipinski definition) is 5. The van der Waals surface area contributed by atoms with E-state index in [-0.39, 0.29) is 24.8 Å². The number of aliphatic hydroxyl groups excluding tert-OH is 1. The lowest BCUT2D eigenvalue weighted by Crippen LogP contribution is -2.46. The van der Waals surface area contributed by atoms with E-state index in [0.717, 1.165) is 0 Å². The molecule has 20 heavy (non-hydrogen) atoms. The molecule has 2 aliphatic heterocycles. The molecule has 2 atom stereocenters. The quantitative estimate of drug-likeness (QED) is 0.774. The van der Waals surface area contributed by atoms with Gasteiger partial charge in [-0.05, 0) is 33.6 Å². The molecule has 0 unspecified atom stereocenters. The Morgan fingerprint density at radius 2 is 2.10 bits per heavy atom. The number of carbonyl (C=O) groups is 1. The van der Waals surface area contributed by atoms with Gasteiger partial charge in [-0.15, -0.1) is 0 Å². The van der Waals surface area contributed by atoms with Crippen LogP contribution in [0, 0.1) is 5.92 Å². The molecule has 0 radical (unpaired) electrons. The van der Waals surface area contributed by atoms with E-state index in [4.69, 9.17) is 4.74 Å².